The summed E-state index contributed by atoms with van der Waals surface area (Å²) in [7, 11) is 0. The molecule has 1 fully saturated rings. The summed E-state index contributed by atoms with van der Waals surface area (Å²) in [5, 5.41) is 3.09. The number of nitrogens with zero attached hydrogens (tertiary/aromatic N) is 1. The summed E-state index contributed by atoms with van der Waals surface area (Å²) in [5.41, 5.74) is 0.706. The van der Waals surface area contributed by atoms with Gasteiger partial charge < -0.3 is 9.88 Å². The molecule has 1 aliphatic rings. The summed E-state index contributed by atoms with van der Waals surface area (Å²) < 4.78 is 1.79. The van der Waals surface area contributed by atoms with Crippen molar-refractivity contribution in [2.75, 3.05) is 0 Å². The van der Waals surface area contributed by atoms with Crippen LogP contribution in [0, 0.1) is 0 Å². The van der Waals surface area contributed by atoms with Crippen LogP contribution in [0.2, 0.25) is 0 Å². The first-order valence-corrected chi connectivity index (χ1v) is 7.67. The van der Waals surface area contributed by atoms with Gasteiger partial charge in [0.1, 0.15) is 6.54 Å². The third-order valence-electron chi connectivity index (χ3n) is 3.85. The third kappa shape index (κ3) is 4.22. The van der Waals surface area contributed by atoms with Gasteiger partial charge in [0, 0.05) is 30.4 Å². The fourth-order valence-electron chi connectivity index (χ4n) is 2.76. The number of hydrogen-bond acceptors (Lipinski definition) is 2. The lowest BCUT2D eigenvalue weighted by atomic mass is 9.95. The lowest BCUT2D eigenvalue weighted by molar-refractivity contribution is -0.122. The zero-order valence-electron chi connectivity index (χ0n) is 12.2. The summed E-state index contributed by atoms with van der Waals surface area (Å²) in [6.07, 6.45) is 10.9. The lowest BCUT2D eigenvalue weighted by Crippen LogP contribution is -2.38. The maximum absolute atomic E-state index is 12.0. The molecule has 1 amide bonds. The minimum absolute atomic E-state index is 0.0435. The molecule has 4 heteroatoms. The molecule has 4 nitrogen and oxygen atoms in total. The van der Waals surface area contributed by atoms with Crippen LogP contribution in [0.15, 0.2) is 18.5 Å². The number of nitrogens with one attached hydrogen (secondary N) is 1. The highest BCUT2D eigenvalue weighted by molar-refractivity contribution is 5.95. The topological polar surface area (TPSA) is 51.1 Å². The standard InChI is InChI=1S/C16H24N2O2/c1-2-6-15(19)13-9-10-18(11-13)12-16(20)17-14-7-4-3-5-8-14/h9-11,14H,2-8,12H2,1H3,(H,17,20). The summed E-state index contributed by atoms with van der Waals surface area (Å²) >= 11 is 0. The molecule has 0 bridgehead atoms. The van der Waals surface area contributed by atoms with E-state index in [2.05, 4.69) is 5.32 Å². The van der Waals surface area contributed by atoms with E-state index in [1.807, 2.05) is 13.1 Å². The van der Waals surface area contributed by atoms with Gasteiger partial charge in [-0.05, 0) is 25.3 Å². The SMILES string of the molecule is CCCC(=O)c1ccn(CC(=O)NC2CCCCC2)c1. The van der Waals surface area contributed by atoms with E-state index in [4.69, 9.17) is 0 Å². The van der Waals surface area contributed by atoms with E-state index in [1.54, 1.807) is 16.8 Å². The van der Waals surface area contributed by atoms with E-state index in [1.165, 1.54) is 19.3 Å². The maximum Gasteiger partial charge on any atom is 0.240 e. The molecule has 0 atom stereocenters. The van der Waals surface area contributed by atoms with Crippen LogP contribution in [0.25, 0.3) is 0 Å². The summed E-state index contributed by atoms with van der Waals surface area (Å²) in [6.45, 7) is 2.29. The molecule has 1 saturated carbocycles. The molecule has 0 spiro atoms. The van der Waals surface area contributed by atoms with Crippen molar-refractivity contribution in [3.05, 3.63) is 24.0 Å². The Morgan fingerprint density at radius 2 is 2.05 bits per heavy atom. The molecule has 20 heavy (non-hydrogen) atoms. The van der Waals surface area contributed by atoms with Crippen LogP contribution in [0.5, 0.6) is 0 Å². The Morgan fingerprint density at radius 1 is 1.30 bits per heavy atom. The van der Waals surface area contributed by atoms with Crippen LogP contribution in [0.3, 0.4) is 0 Å². The zero-order valence-corrected chi connectivity index (χ0v) is 12.2. The van der Waals surface area contributed by atoms with Crippen molar-refractivity contribution >= 4 is 11.7 Å². The van der Waals surface area contributed by atoms with E-state index < -0.39 is 0 Å². The van der Waals surface area contributed by atoms with Gasteiger partial charge in [0.15, 0.2) is 5.78 Å². The zero-order chi connectivity index (χ0) is 14.4. The summed E-state index contributed by atoms with van der Waals surface area (Å²) in [5.74, 6) is 0.195. The number of aromatic nitrogens is 1. The molecule has 0 radical (unpaired) electrons. The Morgan fingerprint density at radius 3 is 2.75 bits per heavy atom. The fraction of sp³-hybridized carbons (Fsp3) is 0.625. The van der Waals surface area contributed by atoms with Crippen LogP contribution in [-0.2, 0) is 11.3 Å². The van der Waals surface area contributed by atoms with E-state index in [0.717, 1.165) is 19.3 Å². The monoisotopic (exact) mass is 276 g/mol. The van der Waals surface area contributed by atoms with Gasteiger partial charge in [0.25, 0.3) is 0 Å². The van der Waals surface area contributed by atoms with Gasteiger partial charge in [-0.25, -0.2) is 0 Å². The van der Waals surface area contributed by atoms with Gasteiger partial charge in [0.05, 0.1) is 0 Å². The number of carbonyl (C=O) groups is 2. The van der Waals surface area contributed by atoms with E-state index >= 15 is 0 Å². The van der Waals surface area contributed by atoms with Crippen molar-refractivity contribution < 1.29 is 9.59 Å². The second-order valence-corrected chi connectivity index (χ2v) is 5.65. The molecule has 1 N–H and O–H groups in total. The Hall–Kier alpha value is -1.58. The van der Waals surface area contributed by atoms with Crippen molar-refractivity contribution in [2.45, 2.75) is 64.5 Å². The molecule has 1 aromatic rings. The Kier molecular flexibility index (Phi) is 5.39. The number of Topliss-reactive ketones (excluding diaryl/α,β-unsaturated/α-hetero) is 1. The minimum Gasteiger partial charge on any atom is -0.352 e. The van der Waals surface area contributed by atoms with Crippen molar-refractivity contribution in [1.29, 1.82) is 0 Å². The highest BCUT2D eigenvalue weighted by Gasteiger charge is 2.16. The first-order chi connectivity index (χ1) is 9.69. The van der Waals surface area contributed by atoms with Crippen molar-refractivity contribution in [3.63, 3.8) is 0 Å². The Labute approximate surface area is 120 Å². The average Bonchev–Trinajstić information content (AvgIpc) is 2.88. The molecule has 1 aliphatic carbocycles. The maximum atomic E-state index is 12.0. The number of hydrogen-bond donors (Lipinski definition) is 1. The molecule has 2 rings (SSSR count). The number of rotatable bonds is 6. The van der Waals surface area contributed by atoms with E-state index in [-0.39, 0.29) is 11.7 Å². The molecular weight excluding hydrogens is 252 g/mol. The molecule has 110 valence electrons. The van der Waals surface area contributed by atoms with Crippen LogP contribution in [0.1, 0.15) is 62.2 Å². The van der Waals surface area contributed by atoms with Crippen LogP contribution >= 0.6 is 0 Å². The van der Waals surface area contributed by atoms with Crippen molar-refractivity contribution in [3.8, 4) is 0 Å². The Balaban J connectivity index is 1.83. The molecule has 0 aromatic carbocycles. The van der Waals surface area contributed by atoms with Crippen molar-refractivity contribution in [2.24, 2.45) is 0 Å². The van der Waals surface area contributed by atoms with Crippen LogP contribution < -0.4 is 5.32 Å². The van der Waals surface area contributed by atoms with Gasteiger partial charge in [-0.2, -0.15) is 0 Å². The van der Waals surface area contributed by atoms with Gasteiger partial charge in [-0.15, -0.1) is 0 Å². The van der Waals surface area contributed by atoms with E-state index in [9.17, 15) is 9.59 Å². The molecule has 1 heterocycles. The smallest absolute Gasteiger partial charge is 0.240 e. The van der Waals surface area contributed by atoms with Crippen molar-refractivity contribution in [1.82, 2.24) is 9.88 Å². The largest absolute Gasteiger partial charge is 0.352 e. The third-order valence-corrected chi connectivity index (χ3v) is 3.85. The van der Waals surface area contributed by atoms with Crippen LogP contribution in [0.4, 0.5) is 0 Å². The second kappa shape index (κ2) is 7.27. The molecule has 1 aromatic heterocycles. The van der Waals surface area contributed by atoms with Gasteiger partial charge >= 0.3 is 0 Å². The van der Waals surface area contributed by atoms with Gasteiger partial charge in [-0.3, -0.25) is 9.59 Å². The quantitative estimate of drug-likeness (QED) is 0.812. The fourth-order valence-corrected chi connectivity index (χ4v) is 2.76. The van der Waals surface area contributed by atoms with E-state index in [0.29, 0.717) is 24.6 Å². The number of ketones is 1. The number of amides is 1. The number of carbonyl (C=O) groups excluding carboxylic acids is 2. The average molecular weight is 276 g/mol. The molecule has 0 saturated heterocycles. The highest BCUT2D eigenvalue weighted by atomic mass is 16.2. The predicted octanol–water partition coefficient (Wildman–Crippen LogP) is 2.92. The van der Waals surface area contributed by atoms with Gasteiger partial charge in [0.2, 0.25) is 5.91 Å². The Bertz CT molecular complexity index is 459. The highest BCUT2D eigenvalue weighted by Crippen LogP contribution is 2.17. The normalized spacial score (nSPS) is 16.1. The van der Waals surface area contributed by atoms with Crippen LogP contribution in [-0.4, -0.2) is 22.3 Å². The molecule has 0 unspecified atom stereocenters. The lowest BCUT2D eigenvalue weighted by Gasteiger charge is -2.22. The predicted molar refractivity (Wildman–Crippen MR) is 78.7 cm³/mol. The first-order valence-electron chi connectivity index (χ1n) is 7.67. The molecule has 0 aliphatic heterocycles. The first kappa shape index (κ1) is 14.8. The van der Waals surface area contributed by atoms with Gasteiger partial charge in [-0.1, -0.05) is 26.2 Å². The summed E-state index contributed by atoms with van der Waals surface area (Å²) in [4.78, 5) is 23.7. The minimum atomic E-state index is 0.0435. The second-order valence-electron chi connectivity index (χ2n) is 5.65. The molecular formula is C16H24N2O2. The summed E-state index contributed by atoms with van der Waals surface area (Å²) in [6, 6.07) is 2.14.